The predicted molar refractivity (Wildman–Crippen MR) is 389 cm³/mol. The van der Waals surface area contributed by atoms with Gasteiger partial charge in [-0.3, -0.25) is 14.5 Å². The monoisotopic (exact) mass is 1490 g/mol. The molecule has 2 aromatic carbocycles. The molecule has 15 nitrogen and oxygen atoms in total. The lowest BCUT2D eigenvalue weighted by Crippen LogP contribution is -2.64. The first kappa shape index (κ1) is 77.2. The van der Waals surface area contributed by atoms with Crippen LogP contribution < -0.4 is 0 Å². The van der Waals surface area contributed by atoms with Gasteiger partial charge in [-0.25, -0.2) is 8.42 Å². The van der Waals surface area contributed by atoms with E-state index in [0.29, 0.717) is 49.1 Å². The number of amides is 2. The number of halogens is 1. The first-order valence-corrected chi connectivity index (χ1v) is 46.4. The van der Waals surface area contributed by atoms with Crippen LogP contribution >= 0.6 is 22.6 Å². The third-order valence-electron chi connectivity index (χ3n) is 23.5. The number of imide groups is 1. The minimum atomic E-state index is -4.42. The molecule has 526 valence electrons. The fourth-order valence-corrected chi connectivity index (χ4v) is 21.5. The topological polar surface area (TPSA) is 183 Å². The molecule has 94 heavy (non-hydrogen) atoms. The van der Waals surface area contributed by atoms with Gasteiger partial charge in [-0.05, 0) is 170 Å². The van der Waals surface area contributed by atoms with Crippen LogP contribution in [0.15, 0.2) is 94.0 Å². The number of sulfone groups is 1. The van der Waals surface area contributed by atoms with Crippen molar-refractivity contribution in [3.8, 4) is 0 Å². The average molecular weight is 1490 g/mol. The third-order valence-corrected chi connectivity index (χ3v) is 39.7. The standard InChI is InChI=1S/C74H116INO14SSi3/c1-46-39-50(32-34-59-47(2)40-52(84-59)27-26-38-77)41-51(48(46)3)42-62-64(67(83-14)63(86-62)44-54(88-92(15,16)72(5,6)7)45-76-70(79)56-30-24-25-31-57(56)71(76)80)69(91(81,82)55-28-22-21-23-29-55)58(78)43-53-33-35-60-65(85-53)49(4)66(90-94(19,20)74(11,12)13)68(87-60)61(36-37-75)89-93(17,18)73(8,9)10/h21-25,28-31,36-38,46,49-54,58-69,78H,2-3,26-27,32-35,39-45H2,1,4-20H3/b37-36+/t46-,49+,50+,51?,52+,53?,54+,58?,59?,60+,61+,62+,63?,64+,65-,66+,67+,68?,69-/m1/s1. The molecule has 20 heteroatoms. The number of aliphatic hydroxyl groups excluding tert-OH is 1. The summed E-state index contributed by atoms with van der Waals surface area (Å²) in [6.07, 6.45) is 2.70. The summed E-state index contributed by atoms with van der Waals surface area (Å²) in [6, 6.07) is 15.3. The Labute approximate surface area is 581 Å². The molecule has 5 aliphatic heterocycles. The predicted octanol–water partition coefficient (Wildman–Crippen LogP) is 15.8. The van der Waals surface area contributed by atoms with Gasteiger partial charge in [-0.2, -0.15) is 0 Å². The Hall–Kier alpha value is -2.56. The summed E-state index contributed by atoms with van der Waals surface area (Å²) in [4.78, 5) is 41.1. The number of aliphatic hydroxyl groups is 1. The van der Waals surface area contributed by atoms with Crippen LogP contribution in [0.4, 0.5) is 0 Å². The lowest BCUT2D eigenvalue weighted by atomic mass is 9.68. The van der Waals surface area contributed by atoms with Gasteiger partial charge in [0.1, 0.15) is 12.4 Å². The SMILES string of the molecule is C=C1C[C@H](CCC=O)OC1CC[C@@H]1CC(C[C@@H]2OC(C[C@@H](CN3C(=O)c4ccccc4C3=O)O[Si](C)(C)C(C)(C)C)[C@H](OC)[C@H]2[C@@H](C(O)CC2CC[C@@H]3OC([C@H](/C=C/I)O[Si](C)(C)C(C)(C)C)[C@@H](O[Si](C)(C)C(C)(C)C)[C@@H](C)[C@H]3O2)S(=O)(=O)c2ccccc2)C(=C)[C@H](C)C1. The molecule has 0 aromatic heterocycles. The molecule has 0 bridgehead atoms. The van der Waals surface area contributed by atoms with E-state index in [9.17, 15) is 19.5 Å². The number of nitrogens with zero attached hydrogens (tertiary/aromatic N) is 1. The number of hydrogen-bond donors (Lipinski definition) is 1. The number of aldehydes is 1. The molecule has 0 radical (unpaired) electrons. The number of allylic oxidation sites excluding steroid dienone is 1. The molecule has 1 aliphatic carbocycles. The van der Waals surface area contributed by atoms with Crippen LogP contribution in [-0.4, -0.2) is 160 Å². The summed E-state index contributed by atoms with van der Waals surface area (Å²) < 4.78 is 91.7. The van der Waals surface area contributed by atoms with Crippen LogP contribution in [0.2, 0.25) is 54.4 Å². The van der Waals surface area contributed by atoms with Gasteiger partial charge in [0.05, 0.1) is 101 Å². The Kier molecular flexibility index (Phi) is 25.2. The van der Waals surface area contributed by atoms with E-state index in [4.69, 9.17) is 43.5 Å². The van der Waals surface area contributed by atoms with Crippen LogP contribution in [0, 0.1) is 29.6 Å². The fraction of sp³-hybridized carbons (Fsp3) is 0.716. The van der Waals surface area contributed by atoms with E-state index in [2.05, 4.69) is 151 Å². The highest BCUT2D eigenvalue weighted by Gasteiger charge is 2.59. The Morgan fingerprint density at radius 2 is 1.35 bits per heavy atom. The Morgan fingerprint density at radius 3 is 1.94 bits per heavy atom. The summed E-state index contributed by atoms with van der Waals surface area (Å²) in [7, 11) is -10.3. The summed E-state index contributed by atoms with van der Waals surface area (Å²) in [5.74, 6) is -1.55. The number of carbonyl (C=O) groups excluding carboxylic acids is 3. The van der Waals surface area contributed by atoms with E-state index < -0.39 is 113 Å². The van der Waals surface area contributed by atoms with E-state index in [1.165, 1.54) is 4.90 Å². The molecule has 6 unspecified atom stereocenters. The Morgan fingerprint density at radius 1 is 0.745 bits per heavy atom. The van der Waals surface area contributed by atoms with Crippen LogP contribution in [0.3, 0.4) is 0 Å². The van der Waals surface area contributed by atoms with Crippen LogP contribution in [0.25, 0.3) is 0 Å². The summed E-state index contributed by atoms with van der Waals surface area (Å²) in [5, 5.41) is 11.6. The molecule has 0 spiro atoms. The maximum Gasteiger partial charge on any atom is 0.261 e. The molecule has 4 saturated heterocycles. The zero-order chi connectivity index (χ0) is 69.4. The van der Waals surface area contributed by atoms with Gasteiger partial charge < -0.3 is 46.9 Å². The van der Waals surface area contributed by atoms with Crippen molar-refractivity contribution in [2.75, 3.05) is 13.7 Å². The van der Waals surface area contributed by atoms with Crippen molar-refractivity contribution < 1.29 is 64.9 Å². The third kappa shape index (κ3) is 17.2. The molecule has 2 aromatic rings. The van der Waals surface area contributed by atoms with Crippen LogP contribution in [-0.2, 0) is 51.6 Å². The van der Waals surface area contributed by atoms with Crippen molar-refractivity contribution in [3.05, 3.63) is 100 Å². The lowest BCUT2D eigenvalue weighted by molar-refractivity contribution is -0.253. The van der Waals surface area contributed by atoms with Crippen molar-refractivity contribution >= 4 is 75.5 Å². The Bertz CT molecular complexity index is 3070. The summed E-state index contributed by atoms with van der Waals surface area (Å²) >= 11 is 2.27. The number of carbonyl (C=O) groups is 3. The van der Waals surface area contributed by atoms with Crippen molar-refractivity contribution in [2.24, 2.45) is 29.6 Å². The molecule has 5 fully saturated rings. The van der Waals surface area contributed by atoms with Crippen molar-refractivity contribution in [3.63, 3.8) is 0 Å². The molecule has 1 N–H and O–H groups in total. The maximum absolute atomic E-state index is 16.2. The highest BCUT2D eigenvalue weighted by Crippen LogP contribution is 2.51. The fourth-order valence-electron chi connectivity index (χ4n) is 15.0. The quantitative estimate of drug-likeness (QED) is 0.0293. The highest BCUT2D eigenvalue weighted by molar-refractivity contribution is 14.1. The van der Waals surface area contributed by atoms with E-state index in [1.54, 1.807) is 61.7 Å². The number of fused-ring (bicyclic) bond motifs is 2. The lowest BCUT2D eigenvalue weighted by Gasteiger charge is -2.54. The van der Waals surface area contributed by atoms with Crippen molar-refractivity contribution in [1.82, 2.24) is 4.90 Å². The largest absolute Gasteiger partial charge is 0.412 e. The van der Waals surface area contributed by atoms with Crippen LogP contribution in [0.1, 0.15) is 174 Å². The van der Waals surface area contributed by atoms with Gasteiger partial charge in [-0.1, -0.05) is 148 Å². The minimum Gasteiger partial charge on any atom is -0.412 e. The molecule has 19 atom stereocenters. The van der Waals surface area contributed by atoms with Gasteiger partial charge >= 0.3 is 0 Å². The van der Waals surface area contributed by atoms with Crippen molar-refractivity contribution in [1.29, 1.82) is 0 Å². The second kappa shape index (κ2) is 30.7. The molecule has 5 heterocycles. The number of ether oxygens (including phenoxy) is 5. The van der Waals surface area contributed by atoms with E-state index in [-0.39, 0.29) is 81.6 Å². The Balaban J connectivity index is 1.16. The van der Waals surface area contributed by atoms with Crippen molar-refractivity contribution in [2.45, 2.75) is 297 Å². The smallest absolute Gasteiger partial charge is 0.261 e. The van der Waals surface area contributed by atoms with E-state index >= 15 is 8.42 Å². The van der Waals surface area contributed by atoms with Gasteiger partial charge in [0.25, 0.3) is 11.8 Å². The number of methoxy groups -OCH3 is 1. The zero-order valence-electron chi connectivity index (χ0n) is 60.0. The molecular weight excluding hydrogens is 1370 g/mol. The second-order valence-electron chi connectivity index (χ2n) is 33.1. The van der Waals surface area contributed by atoms with Gasteiger partial charge in [0.2, 0.25) is 0 Å². The first-order valence-electron chi connectivity index (χ1n) is 34.9. The summed E-state index contributed by atoms with van der Waals surface area (Å²) in [5.41, 5.74) is 2.82. The second-order valence-corrected chi connectivity index (χ2v) is 50.2. The maximum atomic E-state index is 16.2. The van der Waals surface area contributed by atoms with Gasteiger partial charge in [-0.15, -0.1) is 0 Å². The summed E-state index contributed by atoms with van der Waals surface area (Å²) in [6.45, 7) is 46.8. The highest BCUT2D eigenvalue weighted by atomic mass is 127. The molecule has 1 saturated carbocycles. The normalized spacial score (nSPS) is 31.4. The zero-order valence-corrected chi connectivity index (χ0v) is 66.0. The molecule has 6 aliphatic rings. The van der Waals surface area contributed by atoms with Gasteiger partial charge in [0, 0.05) is 38.2 Å². The molecule has 2 amide bonds. The number of rotatable bonds is 27. The average Bonchev–Trinajstić information content (AvgIpc) is 1.38. The van der Waals surface area contributed by atoms with Gasteiger partial charge in [0.15, 0.2) is 34.8 Å². The minimum absolute atomic E-state index is 0.000510. The first-order chi connectivity index (χ1) is 43.7. The number of hydrogen-bond acceptors (Lipinski definition) is 14. The molecule has 8 rings (SSSR count). The van der Waals surface area contributed by atoms with Crippen LogP contribution in [0.5, 0.6) is 0 Å². The number of benzene rings is 2. The molecular formula is C74H116INO14SSi3. The van der Waals surface area contributed by atoms with E-state index in [0.717, 1.165) is 49.5 Å². The van der Waals surface area contributed by atoms with E-state index in [1.807, 2.05) is 4.08 Å².